The van der Waals surface area contributed by atoms with Gasteiger partial charge in [-0.3, -0.25) is 4.79 Å². The standard InChI is InChI=1S/C20H24N2O4S/c23-20(17-7-3-1-4-8-17)21-13-16-26-18-9-11-19(12-10-18)27(24,25)22-14-5-2-6-15-22/h1,3-4,7-12H,2,5-6,13-16H2,(H,21,23). The number of amides is 1. The minimum absolute atomic E-state index is 0.151. The van der Waals surface area contributed by atoms with Crippen LogP contribution in [0.3, 0.4) is 0 Å². The van der Waals surface area contributed by atoms with Gasteiger partial charge in [0.15, 0.2) is 0 Å². The fourth-order valence-electron chi connectivity index (χ4n) is 2.99. The fraction of sp³-hybridized carbons (Fsp3) is 0.350. The van der Waals surface area contributed by atoms with Crippen LogP contribution >= 0.6 is 0 Å². The Hall–Kier alpha value is -2.38. The second-order valence-corrected chi connectivity index (χ2v) is 8.34. The first kappa shape index (κ1) is 19.4. The number of rotatable bonds is 7. The zero-order valence-corrected chi connectivity index (χ0v) is 16.0. The Morgan fingerprint density at radius 3 is 2.30 bits per heavy atom. The minimum Gasteiger partial charge on any atom is -0.492 e. The lowest BCUT2D eigenvalue weighted by Gasteiger charge is -2.25. The molecule has 2 aromatic rings. The summed E-state index contributed by atoms with van der Waals surface area (Å²) in [6.45, 7) is 1.84. The van der Waals surface area contributed by atoms with E-state index >= 15 is 0 Å². The molecule has 1 aliphatic heterocycles. The van der Waals surface area contributed by atoms with Gasteiger partial charge in [0.1, 0.15) is 12.4 Å². The van der Waals surface area contributed by atoms with Crippen molar-refractivity contribution < 1.29 is 17.9 Å². The highest BCUT2D eigenvalue weighted by Gasteiger charge is 2.25. The van der Waals surface area contributed by atoms with Crippen LogP contribution in [0.2, 0.25) is 0 Å². The van der Waals surface area contributed by atoms with Crippen molar-refractivity contribution in [1.29, 1.82) is 0 Å². The Kier molecular flexibility index (Phi) is 6.47. The third-order valence-corrected chi connectivity index (χ3v) is 6.38. The van der Waals surface area contributed by atoms with Crippen LogP contribution in [0.15, 0.2) is 59.5 Å². The summed E-state index contributed by atoms with van der Waals surface area (Å²) in [7, 11) is -3.43. The summed E-state index contributed by atoms with van der Waals surface area (Å²) in [5.74, 6) is 0.420. The molecule has 0 bridgehead atoms. The van der Waals surface area contributed by atoms with Crippen LogP contribution in [-0.2, 0) is 10.0 Å². The van der Waals surface area contributed by atoms with Crippen LogP contribution in [0, 0.1) is 0 Å². The second kappa shape index (κ2) is 9.01. The highest BCUT2D eigenvalue weighted by atomic mass is 32.2. The maximum atomic E-state index is 12.6. The third-order valence-electron chi connectivity index (χ3n) is 4.47. The van der Waals surface area contributed by atoms with Crippen LogP contribution in [-0.4, -0.2) is 44.9 Å². The van der Waals surface area contributed by atoms with E-state index in [2.05, 4.69) is 5.32 Å². The highest BCUT2D eigenvalue weighted by Crippen LogP contribution is 2.22. The monoisotopic (exact) mass is 388 g/mol. The Morgan fingerprint density at radius 1 is 0.963 bits per heavy atom. The molecular weight excluding hydrogens is 364 g/mol. The van der Waals surface area contributed by atoms with Crippen LogP contribution in [0.25, 0.3) is 0 Å². The molecule has 1 heterocycles. The van der Waals surface area contributed by atoms with Gasteiger partial charge in [-0.2, -0.15) is 4.31 Å². The highest BCUT2D eigenvalue weighted by molar-refractivity contribution is 7.89. The predicted molar refractivity (Wildman–Crippen MR) is 103 cm³/mol. The largest absolute Gasteiger partial charge is 0.492 e. The van der Waals surface area contributed by atoms with Crippen molar-refractivity contribution in [1.82, 2.24) is 9.62 Å². The number of ether oxygens (including phenoxy) is 1. The molecule has 0 aromatic heterocycles. The molecule has 6 nitrogen and oxygen atoms in total. The van der Waals surface area contributed by atoms with Crippen LogP contribution in [0.1, 0.15) is 29.6 Å². The zero-order valence-electron chi connectivity index (χ0n) is 15.1. The topological polar surface area (TPSA) is 75.7 Å². The van der Waals surface area contributed by atoms with E-state index in [1.54, 1.807) is 40.7 Å². The van der Waals surface area contributed by atoms with E-state index in [0.29, 0.717) is 37.6 Å². The normalized spacial score (nSPS) is 15.3. The summed E-state index contributed by atoms with van der Waals surface area (Å²) >= 11 is 0. The molecule has 3 rings (SSSR count). The Bertz CT molecular complexity index is 845. The molecule has 0 atom stereocenters. The van der Waals surface area contributed by atoms with Crippen molar-refractivity contribution >= 4 is 15.9 Å². The van der Waals surface area contributed by atoms with E-state index < -0.39 is 10.0 Å². The molecule has 1 N–H and O–H groups in total. The lowest BCUT2D eigenvalue weighted by atomic mass is 10.2. The maximum Gasteiger partial charge on any atom is 0.251 e. The van der Waals surface area contributed by atoms with Gasteiger partial charge in [-0.1, -0.05) is 24.6 Å². The molecule has 0 saturated carbocycles. The summed E-state index contributed by atoms with van der Waals surface area (Å²) in [5.41, 5.74) is 0.602. The Labute approximate surface area is 160 Å². The van der Waals surface area contributed by atoms with Gasteiger partial charge >= 0.3 is 0 Å². The van der Waals surface area contributed by atoms with E-state index in [1.165, 1.54) is 0 Å². The van der Waals surface area contributed by atoms with Gasteiger partial charge in [-0.05, 0) is 49.2 Å². The minimum atomic E-state index is -3.43. The van der Waals surface area contributed by atoms with Crippen molar-refractivity contribution in [2.24, 2.45) is 0 Å². The lowest BCUT2D eigenvalue weighted by Crippen LogP contribution is -2.35. The lowest BCUT2D eigenvalue weighted by molar-refractivity contribution is 0.0947. The average molecular weight is 388 g/mol. The van der Waals surface area contributed by atoms with E-state index in [9.17, 15) is 13.2 Å². The maximum absolute atomic E-state index is 12.6. The first-order valence-corrected chi connectivity index (χ1v) is 10.6. The molecule has 0 aliphatic carbocycles. The van der Waals surface area contributed by atoms with Gasteiger partial charge in [-0.15, -0.1) is 0 Å². The molecule has 27 heavy (non-hydrogen) atoms. The number of sulfonamides is 1. The number of hydrogen-bond acceptors (Lipinski definition) is 4. The molecule has 7 heteroatoms. The third kappa shape index (κ3) is 5.08. The number of hydrogen-bond donors (Lipinski definition) is 1. The molecule has 144 valence electrons. The SMILES string of the molecule is O=C(NCCOc1ccc(S(=O)(=O)N2CCCCC2)cc1)c1ccccc1. The Morgan fingerprint density at radius 2 is 1.63 bits per heavy atom. The van der Waals surface area contributed by atoms with Crippen LogP contribution < -0.4 is 10.1 Å². The second-order valence-electron chi connectivity index (χ2n) is 6.41. The summed E-state index contributed by atoms with van der Waals surface area (Å²) in [6.07, 6.45) is 2.91. The molecule has 1 amide bonds. The van der Waals surface area contributed by atoms with Gasteiger partial charge < -0.3 is 10.1 Å². The number of carbonyl (C=O) groups is 1. The van der Waals surface area contributed by atoms with Gasteiger partial charge in [0.2, 0.25) is 10.0 Å². The van der Waals surface area contributed by atoms with Crippen molar-refractivity contribution in [2.75, 3.05) is 26.2 Å². The van der Waals surface area contributed by atoms with Crippen molar-refractivity contribution in [2.45, 2.75) is 24.2 Å². The van der Waals surface area contributed by atoms with E-state index in [-0.39, 0.29) is 10.8 Å². The van der Waals surface area contributed by atoms with Gasteiger partial charge in [0, 0.05) is 18.7 Å². The molecule has 2 aromatic carbocycles. The van der Waals surface area contributed by atoms with Crippen molar-refractivity contribution in [3.63, 3.8) is 0 Å². The summed E-state index contributed by atoms with van der Waals surface area (Å²) < 4.78 is 32.3. The Balaban J connectivity index is 1.48. The van der Waals surface area contributed by atoms with Crippen LogP contribution in [0.5, 0.6) is 5.75 Å². The van der Waals surface area contributed by atoms with Gasteiger partial charge in [0.25, 0.3) is 5.91 Å². The van der Waals surface area contributed by atoms with E-state index in [4.69, 9.17) is 4.74 Å². The zero-order chi connectivity index (χ0) is 19.1. The number of carbonyl (C=O) groups excluding carboxylic acids is 1. The number of nitrogens with one attached hydrogen (secondary N) is 1. The predicted octanol–water partition coefficient (Wildman–Crippen LogP) is 2.67. The van der Waals surface area contributed by atoms with Crippen LogP contribution in [0.4, 0.5) is 0 Å². The molecule has 1 saturated heterocycles. The van der Waals surface area contributed by atoms with E-state index in [1.807, 2.05) is 18.2 Å². The quantitative estimate of drug-likeness (QED) is 0.740. The van der Waals surface area contributed by atoms with Crippen molar-refractivity contribution in [3.8, 4) is 5.75 Å². The van der Waals surface area contributed by atoms with E-state index in [0.717, 1.165) is 19.3 Å². The fourth-order valence-corrected chi connectivity index (χ4v) is 4.50. The smallest absolute Gasteiger partial charge is 0.251 e. The average Bonchev–Trinajstić information content (AvgIpc) is 2.72. The molecule has 0 spiro atoms. The molecule has 1 fully saturated rings. The number of nitrogens with zero attached hydrogens (tertiary/aromatic N) is 1. The first-order valence-electron chi connectivity index (χ1n) is 9.14. The number of benzene rings is 2. The molecule has 0 unspecified atom stereocenters. The van der Waals surface area contributed by atoms with Gasteiger partial charge in [0.05, 0.1) is 11.4 Å². The van der Waals surface area contributed by atoms with Gasteiger partial charge in [-0.25, -0.2) is 8.42 Å². The van der Waals surface area contributed by atoms with Crippen molar-refractivity contribution in [3.05, 3.63) is 60.2 Å². The molecular formula is C20H24N2O4S. The number of piperidine rings is 1. The first-order chi connectivity index (χ1) is 13.1. The molecule has 0 radical (unpaired) electrons. The summed E-state index contributed by atoms with van der Waals surface area (Å²) in [4.78, 5) is 12.2. The summed E-state index contributed by atoms with van der Waals surface area (Å²) in [6, 6.07) is 15.4. The molecule has 1 aliphatic rings. The summed E-state index contributed by atoms with van der Waals surface area (Å²) in [5, 5.41) is 2.78.